The summed E-state index contributed by atoms with van der Waals surface area (Å²) in [6.45, 7) is 0.286. The van der Waals surface area contributed by atoms with Gasteiger partial charge in [0.2, 0.25) is 0 Å². The van der Waals surface area contributed by atoms with Gasteiger partial charge in [0.1, 0.15) is 11.6 Å². The van der Waals surface area contributed by atoms with E-state index in [0.29, 0.717) is 11.3 Å². The van der Waals surface area contributed by atoms with E-state index in [-0.39, 0.29) is 17.9 Å². The van der Waals surface area contributed by atoms with Gasteiger partial charge in [0.25, 0.3) is 0 Å². The maximum absolute atomic E-state index is 13.6. The minimum atomic E-state index is -0.492. The van der Waals surface area contributed by atoms with E-state index in [1.165, 1.54) is 18.2 Å². The first-order valence-corrected chi connectivity index (χ1v) is 6.30. The van der Waals surface area contributed by atoms with Crippen LogP contribution in [0.15, 0.2) is 40.9 Å². The van der Waals surface area contributed by atoms with E-state index in [0.717, 1.165) is 4.47 Å². The van der Waals surface area contributed by atoms with Crippen LogP contribution < -0.4 is 5.32 Å². The van der Waals surface area contributed by atoms with Crippen molar-refractivity contribution < 1.29 is 9.50 Å². The van der Waals surface area contributed by atoms with Crippen molar-refractivity contribution >= 4 is 21.6 Å². The van der Waals surface area contributed by atoms with E-state index in [4.69, 9.17) is 5.26 Å². The molecule has 0 saturated heterocycles. The molecule has 0 fully saturated rings. The molecule has 0 aliphatic heterocycles. The number of halogens is 2. The average molecular weight is 321 g/mol. The number of phenols is 1. The van der Waals surface area contributed by atoms with Crippen LogP contribution in [0.1, 0.15) is 11.1 Å². The summed E-state index contributed by atoms with van der Waals surface area (Å²) in [4.78, 5) is 0. The lowest BCUT2D eigenvalue weighted by Gasteiger charge is -2.09. The molecule has 0 amide bonds. The van der Waals surface area contributed by atoms with Crippen molar-refractivity contribution in [1.82, 2.24) is 0 Å². The first kappa shape index (κ1) is 13.4. The molecule has 0 unspecified atom stereocenters. The molecule has 0 aliphatic rings. The first-order chi connectivity index (χ1) is 9.10. The van der Waals surface area contributed by atoms with Gasteiger partial charge in [-0.1, -0.05) is 15.9 Å². The maximum Gasteiger partial charge on any atom is 0.147 e. The maximum atomic E-state index is 13.6. The van der Waals surface area contributed by atoms with Gasteiger partial charge in [0.15, 0.2) is 0 Å². The number of nitriles is 1. The van der Waals surface area contributed by atoms with Gasteiger partial charge in [-0.3, -0.25) is 0 Å². The van der Waals surface area contributed by atoms with Gasteiger partial charge >= 0.3 is 0 Å². The highest BCUT2D eigenvalue weighted by Gasteiger charge is 2.06. The van der Waals surface area contributed by atoms with Gasteiger partial charge < -0.3 is 10.4 Å². The van der Waals surface area contributed by atoms with Crippen molar-refractivity contribution in [2.75, 3.05) is 5.32 Å². The summed E-state index contributed by atoms with van der Waals surface area (Å²) in [6, 6.07) is 11.1. The van der Waals surface area contributed by atoms with Crippen molar-refractivity contribution in [3.8, 4) is 11.8 Å². The number of hydrogen-bond acceptors (Lipinski definition) is 3. The topological polar surface area (TPSA) is 56.0 Å². The van der Waals surface area contributed by atoms with E-state index >= 15 is 0 Å². The third-order valence-electron chi connectivity index (χ3n) is 2.61. The largest absolute Gasteiger partial charge is 0.508 e. The Morgan fingerprint density at radius 3 is 2.74 bits per heavy atom. The van der Waals surface area contributed by atoms with E-state index in [1.807, 2.05) is 6.07 Å². The van der Waals surface area contributed by atoms with Crippen molar-refractivity contribution in [3.05, 3.63) is 57.8 Å². The van der Waals surface area contributed by atoms with Crippen molar-refractivity contribution in [2.45, 2.75) is 6.54 Å². The van der Waals surface area contributed by atoms with Crippen LogP contribution in [0.4, 0.5) is 10.1 Å². The van der Waals surface area contributed by atoms with Crippen LogP contribution in [-0.4, -0.2) is 5.11 Å². The summed E-state index contributed by atoms with van der Waals surface area (Å²) in [5.41, 5.74) is 1.21. The summed E-state index contributed by atoms with van der Waals surface area (Å²) in [5, 5.41) is 21.2. The molecule has 2 N–H and O–H groups in total. The van der Waals surface area contributed by atoms with Gasteiger partial charge in [-0.15, -0.1) is 0 Å². The lowest BCUT2D eigenvalue weighted by molar-refractivity contribution is 0.469. The molecule has 0 saturated carbocycles. The third-order valence-corrected chi connectivity index (χ3v) is 3.10. The SMILES string of the molecule is N#Cc1ccc(NCc2cc(Br)ccc2O)c(F)c1. The Labute approximate surface area is 118 Å². The summed E-state index contributed by atoms with van der Waals surface area (Å²) >= 11 is 3.31. The molecule has 0 aliphatic carbocycles. The molecule has 0 atom stereocenters. The van der Waals surface area contributed by atoms with Gasteiger partial charge in [0, 0.05) is 16.6 Å². The minimum Gasteiger partial charge on any atom is -0.508 e. The van der Waals surface area contributed by atoms with Crippen molar-refractivity contribution in [1.29, 1.82) is 5.26 Å². The fourth-order valence-corrected chi connectivity index (χ4v) is 2.02. The van der Waals surface area contributed by atoms with E-state index in [9.17, 15) is 9.50 Å². The average Bonchev–Trinajstić information content (AvgIpc) is 2.40. The smallest absolute Gasteiger partial charge is 0.147 e. The number of nitrogens with one attached hydrogen (secondary N) is 1. The van der Waals surface area contributed by atoms with Gasteiger partial charge in [-0.25, -0.2) is 4.39 Å². The zero-order chi connectivity index (χ0) is 13.8. The highest BCUT2D eigenvalue weighted by molar-refractivity contribution is 9.10. The number of hydrogen-bond donors (Lipinski definition) is 2. The zero-order valence-corrected chi connectivity index (χ0v) is 11.4. The fourth-order valence-electron chi connectivity index (χ4n) is 1.61. The molecule has 19 heavy (non-hydrogen) atoms. The summed E-state index contributed by atoms with van der Waals surface area (Å²) in [5.74, 6) is -0.349. The molecule has 2 rings (SSSR count). The molecule has 5 heteroatoms. The number of aromatic hydroxyl groups is 1. The second kappa shape index (κ2) is 5.72. The number of anilines is 1. The predicted octanol–water partition coefficient (Wildman–Crippen LogP) is 3.78. The van der Waals surface area contributed by atoms with Crippen LogP contribution in [0.3, 0.4) is 0 Å². The normalized spacial score (nSPS) is 9.95. The lowest BCUT2D eigenvalue weighted by Crippen LogP contribution is -2.02. The summed E-state index contributed by atoms with van der Waals surface area (Å²) in [6.07, 6.45) is 0. The van der Waals surface area contributed by atoms with Crippen LogP contribution in [0, 0.1) is 17.1 Å². The van der Waals surface area contributed by atoms with E-state index in [2.05, 4.69) is 21.2 Å². The molecular weight excluding hydrogens is 311 g/mol. The van der Waals surface area contributed by atoms with Gasteiger partial charge in [-0.2, -0.15) is 5.26 Å². The Balaban J connectivity index is 2.15. The van der Waals surface area contributed by atoms with Crippen molar-refractivity contribution in [3.63, 3.8) is 0 Å². The predicted molar refractivity (Wildman–Crippen MR) is 74.2 cm³/mol. The first-order valence-electron chi connectivity index (χ1n) is 5.51. The molecule has 96 valence electrons. The Morgan fingerprint density at radius 1 is 1.26 bits per heavy atom. The molecule has 0 spiro atoms. The number of phenolic OH excluding ortho intramolecular Hbond substituents is 1. The molecule has 2 aromatic rings. The minimum absolute atomic E-state index is 0.143. The third kappa shape index (κ3) is 3.24. The zero-order valence-electron chi connectivity index (χ0n) is 9.82. The second-order valence-electron chi connectivity index (χ2n) is 3.93. The molecule has 2 aromatic carbocycles. The van der Waals surface area contributed by atoms with Crippen LogP contribution in [0.25, 0.3) is 0 Å². The standard InChI is InChI=1S/C14H10BrFN2O/c15-11-2-4-14(19)10(6-11)8-18-13-3-1-9(7-17)5-12(13)16/h1-6,18-19H,8H2. The van der Waals surface area contributed by atoms with Gasteiger partial charge in [-0.05, 0) is 36.4 Å². The lowest BCUT2D eigenvalue weighted by atomic mass is 10.2. The van der Waals surface area contributed by atoms with Crippen molar-refractivity contribution in [2.24, 2.45) is 0 Å². The Kier molecular flexibility index (Phi) is 4.03. The van der Waals surface area contributed by atoms with E-state index < -0.39 is 5.82 Å². The molecule has 0 radical (unpaired) electrons. The molecule has 0 aromatic heterocycles. The quantitative estimate of drug-likeness (QED) is 0.904. The second-order valence-corrected chi connectivity index (χ2v) is 4.85. The Bertz CT molecular complexity index is 652. The number of benzene rings is 2. The van der Waals surface area contributed by atoms with Crippen LogP contribution in [0.5, 0.6) is 5.75 Å². The Hall–Kier alpha value is -2.06. The summed E-state index contributed by atoms with van der Waals surface area (Å²) < 4.78 is 14.5. The Morgan fingerprint density at radius 2 is 2.05 bits per heavy atom. The summed E-state index contributed by atoms with van der Waals surface area (Å²) in [7, 11) is 0. The highest BCUT2D eigenvalue weighted by atomic mass is 79.9. The fraction of sp³-hybridized carbons (Fsp3) is 0.0714. The molecular formula is C14H10BrFN2O. The number of nitrogens with zero attached hydrogens (tertiary/aromatic N) is 1. The van der Waals surface area contributed by atoms with Crippen LogP contribution in [-0.2, 0) is 6.54 Å². The number of rotatable bonds is 3. The van der Waals surface area contributed by atoms with Crippen LogP contribution >= 0.6 is 15.9 Å². The van der Waals surface area contributed by atoms with E-state index in [1.54, 1.807) is 18.2 Å². The van der Waals surface area contributed by atoms with Gasteiger partial charge in [0.05, 0.1) is 17.3 Å². The highest BCUT2D eigenvalue weighted by Crippen LogP contribution is 2.23. The molecule has 0 heterocycles. The van der Waals surface area contributed by atoms with Crippen LogP contribution in [0.2, 0.25) is 0 Å². The monoisotopic (exact) mass is 320 g/mol. The molecule has 0 bridgehead atoms. The molecule has 3 nitrogen and oxygen atoms in total.